The van der Waals surface area contributed by atoms with Gasteiger partial charge in [0.2, 0.25) is 0 Å². The molecule has 3 atom stereocenters. The first kappa shape index (κ1) is 14.8. The number of rotatable bonds is 3. The quantitative estimate of drug-likeness (QED) is 0.629. The summed E-state index contributed by atoms with van der Waals surface area (Å²) < 4.78 is 16.4. The summed E-state index contributed by atoms with van der Waals surface area (Å²) in [6, 6.07) is 9.79. The molecule has 0 amide bonds. The molecule has 1 aliphatic rings. The maximum atomic E-state index is 11.4. The molecule has 1 heterocycles. The van der Waals surface area contributed by atoms with Crippen LogP contribution in [-0.2, 0) is 19.0 Å². The van der Waals surface area contributed by atoms with Crippen LogP contribution in [0.1, 0.15) is 32.1 Å². The monoisotopic (exact) mass is 276 g/mol. The summed E-state index contributed by atoms with van der Waals surface area (Å²) >= 11 is 0. The van der Waals surface area contributed by atoms with E-state index in [-0.39, 0.29) is 18.2 Å². The molecule has 0 N–H and O–H groups in total. The second kappa shape index (κ2) is 6.68. The van der Waals surface area contributed by atoms with Gasteiger partial charge in [0.25, 0.3) is 0 Å². The van der Waals surface area contributed by atoms with Gasteiger partial charge in [-0.15, -0.1) is 0 Å². The Hall–Kier alpha value is -1.65. The van der Waals surface area contributed by atoms with Crippen LogP contribution in [0.15, 0.2) is 42.0 Å². The smallest absolute Gasteiger partial charge is 0.333 e. The molecule has 0 spiro atoms. The van der Waals surface area contributed by atoms with Crippen molar-refractivity contribution in [2.24, 2.45) is 0 Å². The maximum absolute atomic E-state index is 11.4. The molecule has 0 aromatic heterocycles. The third kappa shape index (κ3) is 3.68. The first-order chi connectivity index (χ1) is 9.60. The van der Waals surface area contributed by atoms with Gasteiger partial charge in [0, 0.05) is 17.6 Å². The third-order valence-electron chi connectivity index (χ3n) is 3.23. The van der Waals surface area contributed by atoms with E-state index in [0.717, 1.165) is 12.0 Å². The Labute approximate surface area is 119 Å². The SMILES string of the molecule is COC(=O)/C(C)=C/[C@@H]1C[C@@H](C)OC(c2ccccc2)O1. The van der Waals surface area contributed by atoms with E-state index in [9.17, 15) is 4.79 Å². The molecule has 1 aromatic carbocycles. The van der Waals surface area contributed by atoms with Crippen molar-refractivity contribution in [3.05, 3.63) is 47.5 Å². The van der Waals surface area contributed by atoms with Gasteiger partial charge in [0.1, 0.15) is 0 Å². The van der Waals surface area contributed by atoms with Crippen molar-refractivity contribution >= 4 is 5.97 Å². The van der Waals surface area contributed by atoms with Crippen LogP contribution in [0, 0.1) is 0 Å². The van der Waals surface area contributed by atoms with Crippen LogP contribution in [0.4, 0.5) is 0 Å². The average Bonchev–Trinajstić information content (AvgIpc) is 2.46. The molecule has 4 heteroatoms. The molecule has 0 saturated carbocycles. The first-order valence-corrected chi connectivity index (χ1v) is 6.72. The fourth-order valence-electron chi connectivity index (χ4n) is 2.22. The van der Waals surface area contributed by atoms with Crippen molar-refractivity contribution in [2.45, 2.75) is 38.8 Å². The zero-order valence-corrected chi connectivity index (χ0v) is 12.0. The number of esters is 1. The molecule has 0 aliphatic carbocycles. The van der Waals surface area contributed by atoms with Crippen molar-refractivity contribution in [1.29, 1.82) is 0 Å². The van der Waals surface area contributed by atoms with Crippen LogP contribution in [0.25, 0.3) is 0 Å². The number of carbonyl (C=O) groups excluding carboxylic acids is 1. The molecular weight excluding hydrogens is 256 g/mol. The number of carbonyl (C=O) groups is 1. The third-order valence-corrected chi connectivity index (χ3v) is 3.23. The fourth-order valence-corrected chi connectivity index (χ4v) is 2.22. The lowest BCUT2D eigenvalue weighted by Gasteiger charge is -2.33. The van der Waals surface area contributed by atoms with E-state index in [1.54, 1.807) is 13.0 Å². The Morgan fingerprint density at radius 1 is 1.30 bits per heavy atom. The number of methoxy groups -OCH3 is 1. The minimum absolute atomic E-state index is 0.0700. The van der Waals surface area contributed by atoms with E-state index in [0.29, 0.717) is 5.57 Å². The molecule has 1 unspecified atom stereocenters. The van der Waals surface area contributed by atoms with Gasteiger partial charge in [-0.3, -0.25) is 0 Å². The Morgan fingerprint density at radius 2 is 2.00 bits per heavy atom. The second-order valence-electron chi connectivity index (χ2n) is 4.94. The number of hydrogen-bond donors (Lipinski definition) is 0. The van der Waals surface area contributed by atoms with Crippen LogP contribution in [0.5, 0.6) is 0 Å². The highest BCUT2D eigenvalue weighted by Crippen LogP contribution is 2.30. The topological polar surface area (TPSA) is 44.8 Å². The molecule has 1 aliphatic heterocycles. The summed E-state index contributed by atoms with van der Waals surface area (Å²) in [6.45, 7) is 3.74. The normalized spacial score (nSPS) is 27.1. The lowest BCUT2D eigenvalue weighted by Crippen LogP contribution is -2.31. The van der Waals surface area contributed by atoms with Gasteiger partial charge in [-0.2, -0.15) is 0 Å². The summed E-state index contributed by atoms with van der Waals surface area (Å²) in [5, 5.41) is 0. The molecule has 0 radical (unpaired) electrons. The van der Waals surface area contributed by atoms with Crippen molar-refractivity contribution < 1.29 is 19.0 Å². The van der Waals surface area contributed by atoms with E-state index in [1.807, 2.05) is 37.3 Å². The molecule has 1 saturated heterocycles. The van der Waals surface area contributed by atoms with E-state index < -0.39 is 6.29 Å². The highest BCUT2D eigenvalue weighted by Gasteiger charge is 2.28. The van der Waals surface area contributed by atoms with Crippen molar-refractivity contribution in [3.63, 3.8) is 0 Å². The molecule has 1 fully saturated rings. The van der Waals surface area contributed by atoms with Crippen LogP contribution in [-0.4, -0.2) is 25.3 Å². The number of hydrogen-bond acceptors (Lipinski definition) is 4. The summed E-state index contributed by atoms with van der Waals surface area (Å²) in [4.78, 5) is 11.4. The zero-order valence-electron chi connectivity index (χ0n) is 12.0. The predicted molar refractivity (Wildman–Crippen MR) is 75.0 cm³/mol. The van der Waals surface area contributed by atoms with Gasteiger partial charge in [-0.25, -0.2) is 4.79 Å². The Bertz CT molecular complexity index is 481. The van der Waals surface area contributed by atoms with Gasteiger partial charge in [-0.1, -0.05) is 30.3 Å². The summed E-state index contributed by atoms with van der Waals surface area (Å²) in [7, 11) is 1.37. The van der Waals surface area contributed by atoms with Gasteiger partial charge in [0.15, 0.2) is 6.29 Å². The standard InChI is InChI=1S/C16H20O4/c1-11(15(17)18-3)9-14-10-12(2)19-16(20-14)13-7-5-4-6-8-13/h4-9,12,14,16H,10H2,1-3H3/b11-9+/t12-,14-,16?/m1/s1. The molecule has 108 valence electrons. The van der Waals surface area contributed by atoms with Crippen LogP contribution < -0.4 is 0 Å². The molecule has 4 nitrogen and oxygen atoms in total. The maximum Gasteiger partial charge on any atom is 0.333 e. The fraction of sp³-hybridized carbons (Fsp3) is 0.438. The van der Waals surface area contributed by atoms with Crippen molar-refractivity contribution in [1.82, 2.24) is 0 Å². The summed E-state index contributed by atoms with van der Waals surface area (Å²) in [5.74, 6) is -0.330. The zero-order chi connectivity index (χ0) is 14.5. The molecular formula is C16H20O4. The van der Waals surface area contributed by atoms with E-state index >= 15 is 0 Å². The minimum Gasteiger partial charge on any atom is -0.466 e. The highest BCUT2D eigenvalue weighted by atomic mass is 16.7. The summed E-state index contributed by atoms with van der Waals surface area (Å²) in [6.07, 6.45) is 2.05. The minimum atomic E-state index is -0.397. The van der Waals surface area contributed by atoms with E-state index in [1.165, 1.54) is 7.11 Å². The average molecular weight is 276 g/mol. The van der Waals surface area contributed by atoms with Gasteiger partial charge in [-0.05, 0) is 19.9 Å². The van der Waals surface area contributed by atoms with Crippen molar-refractivity contribution in [3.8, 4) is 0 Å². The van der Waals surface area contributed by atoms with Crippen LogP contribution in [0.2, 0.25) is 0 Å². The summed E-state index contributed by atoms with van der Waals surface area (Å²) in [5.41, 5.74) is 1.53. The molecule has 0 bridgehead atoms. The lowest BCUT2D eigenvalue weighted by molar-refractivity contribution is -0.232. The highest BCUT2D eigenvalue weighted by molar-refractivity contribution is 5.87. The lowest BCUT2D eigenvalue weighted by atomic mass is 10.1. The van der Waals surface area contributed by atoms with Gasteiger partial charge < -0.3 is 14.2 Å². The van der Waals surface area contributed by atoms with Crippen LogP contribution >= 0.6 is 0 Å². The molecule has 1 aromatic rings. The molecule has 2 rings (SSSR count). The van der Waals surface area contributed by atoms with Gasteiger partial charge in [0.05, 0.1) is 19.3 Å². The Kier molecular flexibility index (Phi) is 4.93. The van der Waals surface area contributed by atoms with Gasteiger partial charge >= 0.3 is 5.97 Å². The number of benzene rings is 1. The largest absolute Gasteiger partial charge is 0.466 e. The van der Waals surface area contributed by atoms with Crippen molar-refractivity contribution in [2.75, 3.05) is 7.11 Å². The first-order valence-electron chi connectivity index (χ1n) is 6.72. The van der Waals surface area contributed by atoms with E-state index in [2.05, 4.69) is 0 Å². The molecule has 20 heavy (non-hydrogen) atoms. The number of ether oxygens (including phenoxy) is 3. The van der Waals surface area contributed by atoms with Crippen LogP contribution in [0.3, 0.4) is 0 Å². The Balaban J connectivity index is 2.11. The second-order valence-corrected chi connectivity index (χ2v) is 4.94. The van der Waals surface area contributed by atoms with E-state index in [4.69, 9.17) is 14.2 Å². The Morgan fingerprint density at radius 3 is 2.65 bits per heavy atom. The predicted octanol–water partition coefficient (Wildman–Crippen LogP) is 3.00.